The van der Waals surface area contributed by atoms with Crippen LogP contribution in [0.4, 0.5) is 0 Å². The van der Waals surface area contributed by atoms with E-state index in [0.29, 0.717) is 5.75 Å². The number of aryl methyl sites for hydroxylation is 3. The summed E-state index contributed by atoms with van der Waals surface area (Å²) in [5, 5.41) is 0. The fourth-order valence-corrected chi connectivity index (χ4v) is 1.64. The summed E-state index contributed by atoms with van der Waals surface area (Å²) in [7, 11) is -3.95. The Morgan fingerprint density at radius 1 is 1.12 bits per heavy atom. The number of hydrogen-bond acceptors (Lipinski definition) is 3. The van der Waals surface area contributed by atoms with Gasteiger partial charge in [0.1, 0.15) is 18.1 Å². The molecule has 0 bridgehead atoms. The molecule has 16 heavy (non-hydrogen) atoms. The van der Waals surface area contributed by atoms with Crippen molar-refractivity contribution >= 4 is 10.1 Å². The lowest BCUT2D eigenvalue weighted by Gasteiger charge is -2.11. The first-order valence-electron chi connectivity index (χ1n) is 4.95. The third kappa shape index (κ3) is 3.83. The van der Waals surface area contributed by atoms with E-state index in [2.05, 4.69) is 0 Å². The van der Waals surface area contributed by atoms with Gasteiger partial charge in [0, 0.05) is 0 Å². The maximum Gasteiger partial charge on any atom is 0.268 e. The highest BCUT2D eigenvalue weighted by Crippen LogP contribution is 2.22. The van der Waals surface area contributed by atoms with E-state index >= 15 is 0 Å². The minimum atomic E-state index is -3.95. The van der Waals surface area contributed by atoms with Crippen molar-refractivity contribution in [3.05, 3.63) is 28.8 Å². The highest BCUT2D eigenvalue weighted by atomic mass is 32.2. The summed E-state index contributed by atoms with van der Waals surface area (Å²) in [4.78, 5) is 0. The van der Waals surface area contributed by atoms with E-state index in [9.17, 15) is 8.42 Å². The third-order valence-electron chi connectivity index (χ3n) is 2.39. The maximum absolute atomic E-state index is 10.5. The minimum absolute atomic E-state index is 0.0395. The van der Waals surface area contributed by atoms with Crippen LogP contribution in [0.5, 0.6) is 5.75 Å². The van der Waals surface area contributed by atoms with E-state index in [4.69, 9.17) is 9.29 Å². The predicted molar refractivity (Wildman–Crippen MR) is 62.6 cm³/mol. The summed E-state index contributed by atoms with van der Waals surface area (Å²) in [6.07, 6.45) is 0. The average Bonchev–Trinajstić information content (AvgIpc) is 2.11. The number of ether oxygens (including phenoxy) is 1. The van der Waals surface area contributed by atoms with Gasteiger partial charge in [-0.15, -0.1) is 0 Å². The fourth-order valence-electron chi connectivity index (χ4n) is 1.35. The lowest BCUT2D eigenvalue weighted by molar-refractivity contribution is 0.333. The molecule has 0 fully saturated rings. The number of hydrogen-bond donors (Lipinski definition) is 1. The first kappa shape index (κ1) is 13.0. The van der Waals surface area contributed by atoms with Crippen LogP contribution in [0.3, 0.4) is 0 Å². The lowest BCUT2D eigenvalue weighted by Crippen LogP contribution is -2.13. The zero-order valence-electron chi connectivity index (χ0n) is 9.65. The molecular formula is C11H16O4S. The van der Waals surface area contributed by atoms with Crippen LogP contribution in [0.1, 0.15) is 16.7 Å². The van der Waals surface area contributed by atoms with Gasteiger partial charge in [-0.2, -0.15) is 8.42 Å². The molecule has 0 amide bonds. The van der Waals surface area contributed by atoms with Crippen LogP contribution in [-0.4, -0.2) is 25.3 Å². The van der Waals surface area contributed by atoms with Crippen molar-refractivity contribution < 1.29 is 17.7 Å². The second-order valence-corrected chi connectivity index (χ2v) is 5.41. The van der Waals surface area contributed by atoms with Crippen LogP contribution in [0.2, 0.25) is 0 Å². The van der Waals surface area contributed by atoms with Crippen LogP contribution in [0, 0.1) is 20.8 Å². The SMILES string of the molecule is Cc1cc(C)c(OCCS(=O)(=O)O)cc1C. The summed E-state index contributed by atoms with van der Waals surface area (Å²) >= 11 is 0. The predicted octanol–water partition coefficient (Wildman–Crippen LogP) is 1.88. The van der Waals surface area contributed by atoms with Gasteiger partial charge < -0.3 is 4.74 Å². The van der Waals surface area contributed by atoms with E-state index in [1.165, 1.54) is 5.56 Å². The summed E-state index contributed by atoms with van der Waals surface area (Å²) in [6, 6.07) is 3.85. The number of benzene rings is 1. The highest BCUT2D eigenvalue weighted by molar-refractivity contribution is 7.85. The van der Waals surface area contributed by atoms with Crippen molar-refractivity contribution in [2.75, 3.05) is 12.4 Å². The molecular weight excluding hydrogens is 228 g/mol. The Labute approximate surface area is 96.0 Å². The summed E-state index contributed by atoms with van der Waals surface area (Å²) < 4.78 is 34.9. The van der Waals surface area contributed by atoms with Crippen molar-refractivity contribution in [2.45, 2.75) is 20.8 Å². The molecule has 0 aliphatic heterocycles. The number of rotatable bonds is 4. The van der Waals surface area contributed by atoms with Gasteiger partial charge in [0.05, 0.1) is 0 Å². The molecule has 0 aliphatic carbocycles. The van der Waals surface area contributed by atoms with Gasteiger partial charge in [0.2, 0.25) is 0 Å². The molecule has 0 aliphatic rings. The maximum atomic E-state index is 10.5. The Morgan fingerprint density at radius 3 is 2.25 bits per heavy atom. The van der Waals surface area contributed by atoms with E-state index in [1.54, 1.807) is 0 Å². The first-order chi connectivity index (χ1) is 7.29. The Morgan fingerprint density at radius 2 is 1.69 bits per heavy atom. The first-order valence-corrected chi connectivity index (χ1v) is 6.56. The molecule has 1 N–H and O–H groups in total. The third-order valence-corrected chi connectivity index (χ3v) is 3.07. The monoisotopic (exact) mass is 244 g/mol. The van der Waals surface area contributed by atoms with Gasteiger partial charge >= 0.3 is 0 Å². The minimum Gasteiger partial charge on any atom is -0.492 e. The van der Waals surface area contributed by atoms with Crippen LogP contribution in [0.25, 0.3) is 0 Å². The van der Waals surface area contributed by atoms with E-state index in [1.807, 2.05) is 32.9 Å². The van der Waals surface area contributed by atoms with Crippen LogP contribution < -0.4 is 4.74 Å². The normalized spacial score (nSPS) is 11.5. The molecule has 4 nitrogen and oxygen atoms in total. The smallest absolute Gasteiger partial charge is 0.268 e. The largest absolute Gasteiger partial charge is 0.492 e. The molecule has 0 atom stereocenters. The lowest BCUT2D eigenvalue weighted by atomic mass is 10.1. The molecule has 90 valence electrons. The second kappa shape index (κ2) is 4.84. The summed E-state index contributed by atoms with van der Waals surface area (Å²) in [5.41, 5.74) is 3.21. The van der Waals surface area contributed by atoms with Crippen LogP contribution in [0.15, 0.2) is 12.1 Å². The molecule has 0 saturated heterocycles. The summed E-state index contributed by atoms with van der Waals surface area (Å²) in [5.74, 6) is 0.270. The van der Waals surface area contributed by atoms with Gasteiger partial charge in [0.25, 0.3) is 10.1 Å². The Hall–Kier alpha value is -1.07. The molecule has 0 spiro atoms. The van der Waals surface area contributed by atoms with Gasteiger partial charge in [-0.1, -0.05) is 6.07 Å². The average molecular weight is 244 g/mol. The second-order valence-electron chi connectivity index (χ2n) is 3.84. The molecule has 1 aromatic rings. The zero-order chi connectivity index (χ0) is 12.3. The molecule has 5 heteroatoms. The quantitative estimate of drug-likeness (QED) is 0.821. The van der Waals surface area contributed by atoms with Crippen molar-refractivity contribution in [1.29, 1.82) is 0 Å². The van der Waals surface area contributed by atoms with Gasteiger partial charge in [-0.05, 0) is 43.5 Å². The topological polar surface area (TPSA) is 63.6 Å². The van der Waals surface area contributed by atoms with Gasteiger partial charge in [-0.3, -0.25) is 4.55 Å². The van der Waals surface area contributed by atoms with E-state index in [0.717, 1.165) is 11.1 Å². The van der Waals surface area contributed by atoms with Crippen molar-refractivity contribution in [3.8, 4) is 5.75 Å². The molecule has 0 heterocycles. The molecule has 1 rings (SSSR count). The molecule has 0 unspecified atom stereocenters. The van der Waals surface area contributed by atoms with Gasteiger partial charge in [-0.25, -0.2) is 0 Å². The van der Waals surface area contributed by atoms with Crippen LogP contribution in [-0.2, 0) is 10.1 Å². The van der Waals surface area contributed by atoms with Crippen LogP contribution >= 0.6 is 0 Å². The molecule has 1 aromatic carbocycles. The summed E-state index contributed by atoms with van der Waals surface area (Å²) in [6.45, 7) is 5.83. The standard InChI is InChI=1S/C11H16O4S/c1-8-6-10(3)11(7-9(8)2)15-4-5-16(12,13)14/h6-7H,4-5H2,1-3H3,(H,12,13,14). The fraction of sp³-hybridized carbons (Fsp3) is 0.455. The highest BCUT2D eigenvalue weighted by Gasteiger charge is 2.07. The molecule has 0 saturated carbocycles. The molecule has 0 aromatic heterocycles. The van der Waals surface area contributed by atoms with Gasteiger partial charge in [0.15, 0.2) is 0 Å². The Kier molecular flexibility index (Phi) is 3.93. The Bertz CT molecular complexity index is 477. The molecule has 0 radical (unpaired) electrons. The van der Waals surface area contributed by atoms with Crippen molar-refractivity contribution in [3.63, 3.8) is 0 Å². The zero-order valence-corrected chi connectivity index (χ0v) is 10.5. The van der Waals surface area contributed by atoms with Crippen molar-refractivity contribution in [2.24, 2.45) is 0 Å². The Balaban J connectivity index is 2.71. The van der Waals surface area contributed by atoms with E-state index in [-0.39, 0.29) is 12.4 Å². The van der Waals surface area contributed by atoms with E-state index < -0.39 is 10.1 Å². The van der Waals surface area contributed by atoms with Crippen molar-refractivity contribution in [1.82, 2.24) is 0 Å².